The second-order valence-electron chi connectivity index (χ2n) is 7.19. The van der Waals surface area contributed by atoms with E-state index in [9.17, 15) is 9.59 Å². The Kier molecular flexibility index (Phi) is 10.6. The van der Waals surface area contributed by atoms with Crippen molar-refractivity contribution in [3.8, 4) is 5.75 Å². The second-order valence-corrected chi connectivity index (χ2v) is 7.19. The number of ether oxygens (including phenoxy) is 1. The molecule has 2 amide bonds. The first kappa shape index (κ1) is 25.6. The van der Waals surface area contributed by atoms with Crippen LogP contribution in [0.4, 0.5) is 0 Å². The number of methoxy groups -OCH3 is 1. The lowest BCUT2D eigenvalue weighted by Crippen LogP contribution is -2.38. The summed E-state index contributed by atoms with van der Waals surface area (Å²) in [4.78, 5) is 28.4. The van der Waals surface area contributed by atoms with Gasteiger partial charge in [-0.05, 0) is 36.8 Å². The molecule has 0 fully saturated rings. The number of aryl methyl sites for hydroxylation is 1. The minimum atomic E-state index is -1.64. The topological polar surface area (TPSA) is 121 Å². The van der Waals surface area contributed by atoms with Gasteiger partial charge < -0.3 is 25.4 Å². The smallest absolute Gasteiger partial charge is 0.472 e. The average Bonchev–Trinajstić information content (AvgIpc) is 2.83. The molecule has 33 heavy (non-hydrogen) atoms. The third kappa shape index (κ3) is 9.55. The van der Waals surface area contributed by atoms with E-state index < -0.39 is 19.1 Å². The highest BCUT2D eigenvalue weighted by Crippen LogP contribution is 2.22. The summed E-state index contributed by atoms with van der Waals surface area (Å²) in [5.41, 5.74) is 2.37. The predicted molar refractivity (Wildman–Crippen MR) is 126 cm³/mol. The van der Waals surface area contributed by atoms with E-state index in [4.69, 9.17) is 14.8 Å². The van der Waals surface area contributed by atoms with E-state index in [-0.39, 0.29) is 18.8 Å². The van der Waals surface area contributed by atoms with Crippen molar-refractivity contribution in [2.45, 2.75) is 19.4 Å². The Balaban J connectivity index is 0.000000468. The number of hydrogen-bond acceptors (Lipinski definition) is 6. The van der Waals surface area contributed by atoms with Crippen LogP contribution >= 0.6 is 0 Å². The van der Waals surface area contributed by atoms with E-state index >= 15 is 0 Å². The number of nitrogens with one attached hydrogen (secondary N) is 2. The molecule has 4 N–H and O–H groups in total. The molecule has 0 saturated carbocycles. The predicted octanol–water partition coefficient (Wildman–Crippen LogP) is 2.07. The van der Waals surface area contributed by atoms with Crippen molar-refractivity contribution in [3.05, 3.63) is 95.8 Å². The van der Waals surface area contributed by atoms with Crippen LogP contribution in [-0.4, -0.2) is 47.5 Å². The Morgan fingerprint density at radius 2 is 1.82 bits per heavy atom. The minimum absolute atomic E-state index is 0.0775. The molecule has 0 radical (unpaired) electrons. The lowest BCUT2D eigenvalue weighted by atomic mass is 9.92. The minimum Gasteiger partial charge on any atom is -0.497 e. The molecule has 0 aliphatic rings. The molecule has 2 aromatic carbocycles. The molecule has 0 aliphatic heterocycles. The maximum Gasteiger partial charge on any atom is 0.472 e. The van der Waals surface area contributed by atoms with E-state index in [2.05, 4.69) is 34.7 Å². The van der Waals surface area contributed by atoms with Gasteiger partial charge in [0.25, 0.3) is 5.91 Å². The van der Waals surface area contributed by atoms with E-state index in [1.165, 1.54) is 18.9 Å². The van der Waals surface area contributed by atoms with Gasteiger partial charge in [-0.3, -0.25) is 14.6 Å². The Morgan fingerprint density at radius 3 is 2.39 bits per heavy atom. The Labute approximate surface area is 193 Å². The number of hydrogen-bond donors (Lipinski definition) is 4. The summed E-state index contributed by atoms with van der Waals surface area (Å²) in [5.74, 6) is -0.215. The van der Waals surface area contributed by atoms with Crippen LogP contribution in [0.3, 0.4) is 0 Å². The van der Waals surface area contributed by atoms with E-state index in [0.29, 0.717) is 16.9 Å². The monoisotopic (exact) mass is 449 g/mol. The van der Waals surface area contributed by atoms with Crippen molar-refractivity contribution in [1.82, 2.24) is 15.6 Å². The van der Waals surface area contributed by atoms with Gasteiger partial charge in [-0.2, -0.15) is 0 Å². The molecule has 0 bridgehead atoms. The highest BCUT2D eigenvalue weighted by Gasteiger charge is 2.21. The zero-order valence-corrected chi connectivity index (χ0v) is 18.6. The molecule has 1 heterocycles. The summed E-state index contributed by atoms with van der Waals surface area (Å²) >= 11 is 0. The van der Waals surface area contributed by atoms with Crippen LogP contribution in [0.1, 0.15) is 33.9 Å². The molecule has 0 aliphatic carbocycles. The van der Waals surface area contributed by atoms with Crippen LogP contribution < -0.4 is 15.4 Å². The van der Waals surface area contributed by atoms with Crippen molar-refractivity contribution >= 4 is 18.9 Å². The zero-order chi connectivity index (χ0) is 24.1. The van der Waals surface area contributed by atoms with Crippen molar-refractivity contribution in [3.63, 3.8) is 0 Å². The fourth-order valence-corrected chi connectivity index (χ4v) is 2.85. The van der Waals surface area contributed by atoms with Gasteiger partial charge in [0.05, 0.1) is 31.6 Å². The summed E-state index contributed by atoms with van der Waals surface area (Å²) in [6.07, 6.45) is 2.62. The number of pyridine rings is 1. The van der Waals surface area contributed by atoms with Crippen molar-refractivity contribution in [2.24, 2.45) is 0 Å². The quantitative estimate of drug-likeness (QED) is 0.391. The van der Waals surface area contributed by atoms with Crippen LogP contribution in [0, 0.1) is 6.92 Å². The summed E-state index contributed by atoms with van der Waals surface area (Å²) in [5, 5.41) is 22.9. The average molecular weight is 449 g/mol. The van der Waals surface area contributed by atoms with Crippen LogP contribution in [0.2, 0.25) is 0 Å². The van der Waals surface area contributed by atoms with E-state index in [1.807, 2.05) is 18.2 Å². The van der Waals surface area contributed by atoms with E-state index in [0.717, 1.165) is 0 Å². The van der Waals surface area contributed by atoms with Gasteiger partial charge in [-0.25, -0.2) is 0 Å². The third-order valence-electron chi connectivity index (χ3n) is 4.54. The van der Waals surface area contributed by atoms with Crippen LogP contribution in [-0.2, 0) is 4.79 Å². The van der Waals surface area contributed by atoms with Crippen LogP contribution in [0.5, 0.6) is 5.75 Å². The van der Waals surface area contributed by atoms with Crippen molar-refractivity contribution in [1.29, 1.82) is 0 Å². The molecule has 1 unspecified atom stereocenters. The van der Waals surface area contributed by atoms with Gasteiger partial charge in [-0.15, -0.1) is 0 Å². The summed E-state index contributed by atoms with van der Waals surface area (Å²) in [6.45, 7) is 2.08. The number of nitrogens with zero attached hydrogens (tertiary/aromatic N) is 1. The number of amides is 2. The summed E-state index contributed by atoms with van der Waals surface area (Å²) in [7, 11) is -0.114. The molecular weight excluding hydrogens is 421 g/mol. The maximum absolute atomic E-state index is 12.4. The highest BCUT2D eigenvalue weighted by molar-refractivity contribution is 6.41. The van der Waals surface area contributed by atoms with Gasteiger partial charge in [0, 0.05) is 12.4 Å². The zero-order valence-electron chi connectivity index (χ0n) is 18.6. The lowest BCUT2D eigenvalue weighted by Gasteiger charge is -2.19. The fourth-order valence-electron chi connectivity index (χ4n) is 2.85. The number of carbonyl (C=O) groups is 2. The normalized spacial score (nSPS) is 10.8. The molecule has 0 spiro atoms. The number of benzene rings is 2. The number of aromatic nitrogens is 1. The molecule has 8 nitrogen and oxygen atoms in total. The molecule has 9 heteroatoms. The molecular formula is C24H28BN3O5. The first-order valence-corrected chi connectivity index (χ1v) is 10.4. The van der Waals surface area contributed by atoms with Crippen molar-refractivity contribution < 1.29 is 24.4 Å². The lowest BCUT2D eigenvalue weighted by molar-refractivity contribution is -0.121. The number of carbonyl (C=O) groups excluding carboxylic acids is 2. The molecule has 172 valence electrons. The molecule has 1 atom stereocenters. The van der Waals surface area contributed by atoms with Crippen LogP contribution in [0.25, 0.3) is 0 Å². The standard InChI is InChI=1S/C17H20BN3O5.C7H8/c1-26-14-6-2-4-12(8-14)15(9-16(22)20-11-18(24)25)21-17(23)13-5-3-7-19-10-13;1-7-5-3-2-4-6-7/h2-8,10,15,24-25H,9,11H2,1H3,(H,20,22)(H,21,23);2-6H,1H3. The first-order valence-electron chi connectivity index (χ1n) is 10.4. The van der Waals surface area contributed by atoms with Crippen molar-refractivity contribution in [2.75, 3.05) is 13.6 Å². The Hall–Kier alpha value is -3.69. The SMILES string of the molecule is COc1cccc(C(CC(=O)NCB(O)O)NC(=O)c2cccnc2)c1.Cc1ccccc1. The number of rotatable bonds is 8. The van der Waals surface area contributed by atoms with Gasteiger partial charge in [0.2, 0.25) is 5.91 Å². The van der Waals surface area contributed by atoms with Gasteiger partial charge in [0.15, 0.2) is 0 Å². The molecule has 1 aromatic heterocycles. The van der Waals surface area contributed by atoms with Gasteiger partial charge in [-0.1, -0.05) is 48.0 Å². The Bertz CT molecular complexity index is 1000. The van der Waals surface area contributed by atoms with Crippen LogP contribution in [0.15, 0.2) is 79.1 Å². The van der Waals surface area contributed by atoms with E-state index in [1.54, 1.807) is 42.6 Å². The molecule has 3 aromatic rings. The fraction of sp³-hybridized carbons (Fsp3) is 0.208. The Morgan fingerprint density at radius 1 is 1.06 bits per heavy atom. The van der Waals surface area contributed by atoms with Gasteiger partial charge in [0.1, 0.15) is 5.75 Å². The first-order chi connectivity index (χ1) is 15.9. The third-order valence-corrected chi connectivity index (χ3v) is 4.54. The maximum atomic E-state index is 12.4. The summed E-state index contributed by atoms with van der Waals surface area (Å²) < 4.78 is 5.19. The highest BCUT2D eigenvalue weighted by atomic mass is 16.5. The molecule has 3 rings (SSSR count). The largest absolute Gasteiger partial charge is 0.497 e. The molecule has 0 saturated heterocycles. The summed E-state index contributed by atoms with van der Waals surface area (Å²) in [6, 6.07) is 19.9. The van der Waals surface area contributed by atoms with Gasteiger partial charge >= 0.3 is 7.12 Å². The second kappa shape index (κ2) is 13.7.